The van der Waals surface area contributed by atoms with E-state index in [0.717, 1.165) is 10.5 Å². The number of nitrogens with zero attached hydrogens (tertiary/aromatic N) is 1. The van der Waals surface area contributed by atoms with Gasteiger partial charge in [-0.25, -0.2) is 9.69 Å². The minimum Gasteiger partial charge on any atom is -0.479 e. The van der Waals surface area contributed by atoms with Gasteiger partial charge in [0, 0.05) is 13.7 Å². The molecule has 2 aliphatic rings. The summed E-state index contributed by atoms with van der Waals surface area (Å²) < 4.78 is 16.1. The van der Waals surface area contributed by atoms with E-state index in [1.165, 1.54) is 19.3 Å². The van der Waals surface area contributed by atoms with Gasteiger partial charge in [0.05, 0.1) is 0 Å². The summed E-state index contributed by atoms with van der Waals surface area (Å²) in [4.78, 5) is 38.8. The minimum absolute atomic E-state index is 0.0245. The number of cyclic esters (lactones) is 1. The number of hydrogen-bond acceptors (Lipinski definition) is 7. The molecule has 0 aromatic heterocycles. The highest BCUT2D eigenvalue weighted by molar-refractivity contribution is 6.03. The second kappa shape index (κ2) is 9.49. The van der Waals surface area contributed by atoms with Crippen molar-refractivity contribution in [2.75, 3.05) is 20.3 Å². The number of aliphatic hydroxyl groups excluding tert-OH is 1. The highest BCUT2D eigenvalue weighted by atomic mass is 16.6. The molecule has 0 aliphatic carbocycles. The van der Waals surface area contributed by atoms with Crippen molar-refractivity contribution in [2.24, 2.45) is 0 Å². The molecule has 0 radical (unpaired) electrons. The number of rotatable bonds is 7. The van der Waals surface area contributed by atoms with Gasteiger partial charge >= 0.3 is 6.09 Å². The molecule has 1 saturated heterocycles. The summed E-state index contributed by atoms with van der Waals surface area (Å²) in [5, 5.41) is 8.90. The lowest BCUT2D eigenvalue weighted by atomic mass is 10.0. The van der Waals surface area contributed by atoms with Gasteiger partial charge < -0.3 is 19.3 Å². The minimum atomic E-state index is -1.31. The second-order valence-corrected chi connectivity index (χ2v) is 6.61. The Morgan fingerprint density at radius 3 is 2.76 bits per heavy atom. The first-order chi connectivity index (χ1) is 14.1. The Morgan fingerprint density at radius 1 is 1.31 bits per heavy atom. The predicted molar refractivity (Wildman–Crippen MR) is 102 cm³/mol. The van der Waals surface area contributed by atoms with E-state index >= 15 is 0 Å². The van der Waals surface area contributed by atoms with Crippen LogP contribution in [0.5, 0.6) is 0 Å². The summed E-state index contributed by atoms with van der Waals surface area (Å²) in [6, 6.07) is 8.41. The van der Waals surface area contributed by atoms with Crippen molar-refractivity contribution >= 4 is 17.8 Å². The van der Waals surface area contributed by atoms with Gasteiger partial charge in [-0.05, 0) is 36.6 Å². The Labute approximate surface area is 168 Å². The molecule has 8 nitrogen and oxygen atoms in total. The molecule has 3 atom stereocenters. The van der Waals surface area contributed by atoms with Gasteiger partial charge in [-0.15, -0.1) is 0 Å². The highest BCUT2D eigenvalue weighted by Crippen LogP contribution is 2.30. The molecule has 1 fully saturated rings. The first-order valence-corrected chi connectivity index (χ1v) is 9.34. The van der Waals surface area contributed by atoms with Crippen LogP contribution in [0.15, 0.2) is 54.3 Å². The number of ether oxygens (including phenoxy) is 3. The number of aliphatic hydroxyl groups is 1. The zero-order valence-electron chi connectivity index (χ0n) is 16.0. The lowest BCUT2D eigenvalue weighted by Crippen LogP contribution is -2.51. The number of carbonyl (C=O) groups excluding carboxylic acids is 3. The third kappa shape index (κ3) is 4.55. The van der Waals surface area contributed by atoms with E-state index in [9.17, 15) is 14.4 Å². The average molecular weight is 401 g/mol. The lowest BCUT2D eigenvalue weighted by Gasteiger charge is -2.30. The fourth-order valence-corrected chi connectivity index (χ4v) is 3.24. The summed E-state index contributed by atoms with van der Waals surface area (Å²) in [5.74, 6) is -0.734. The van der Waals surface area contributed by atoms with Gasteiger partial charge in [-0.2, -0.15) is 0 Å². The largest absolute Gasteiger partial charge is 0.479 e. The van der Waals surface area contributed by atoms with Crippen molar-refractivity contribution in [1.29, 1.82) is 0 Å². The van der Waals surface area contributed by atoms with E-state index in [-0.39, 0.29) is 13.2 Å². The number of benzene rings is 1. The molecule has 8 heteroatoms. The van der Waals surface area contributed by atoms with Crippen molar-refractivity contribution in [3.63, 3.8) is 0 Å². The third-order valence-corrected chi connectivity index (χ3v) is 4.73. The molecule has 154 valence electrons. The van der Waals surface area contributed by atoms with Crippen molar-refractivity contribution < 1.29 is 33.7 Å². The van der Waals surface area contributed by atoms with Gasteiger partial charge in [0.2, 0.25) is 0 Å². The number of carbonyl (C=O) groups is 3. The van der Waals surface area contributed by atoms with Gasteiger partial charge in [-0.1, -0.05) is 30.3 Å². The Morgan fingerprint density at radius 2 is 2.07 bits per heavy atom. The fourth-order valence-electron chi connectivity index (χ4n) is 3.24. The lowest BCUT2D eigenvalue weighted by molar-refractivity contribution is -0.153. The van der Waals surface area contributed by atoms with E-state index in [1.54, 1.807) is 30.3 Å². The molecule has 1 aromatic rings. The number of methoxy groups -OCH3 is 1. The molecule has 2 aliphatic heterocycles. The van der Waals surface area contributed by atoms with Crippen molar-refractivity contribution in [3.8, 4) is 0 Å². The number of ketones is 1. The van der Waals surface area contributed by atoms with E-state index in [2.05, 4.69) is 0 Å². The summed E-state index contributed by atoms with van der Waals surface area (Å²) in [5.41, 5.74) is 0.738. The maximum atomic E-state index is 13.2. The standard InChI is InChI=1S/C21H23NO7/c1-27-19(18-17(24)11-10-15(29-18)9-5-6-12-23)20(25)22-16(13-28-21(22)26)14-7-3-2-4-8-14/h2-4,7-11,16,18-19,23H,5-6,12-13H2,1H3/t16-,18+,19+/m1/s1. The zero-order valence-corrected chi connectivity index (χ0v) is 16.0. The van der Waals surface area contributed by atoms with Crippen LogP contribution in [0, 0.1) is 0 Å². The topological polar surface area (TPSA) is 102 Å². The molecular formula is C21H23NO7. The van der Waals surface area contributed by atoms with E-state index in [1.807, 2.05) is 6.07 Å². The van der Waals surface area contributed by atoms with Crippen LogP contribution in [0.4, 0.5) is 4.79 Å². The molecule has 2 heterocycles. The molecule has 0 spiro atoms. The summed E-state index contributed by atoms with van der Waals surface area (Å²) in [6.07, 6.45) is 2.32. The maximum absolute atomic E-state index is 13.2. The summed E-state index contributed by atoms with van der Waals surface area (Å²) >= 11 is 0. The van der Waals surface area contributed by atoms with Gasteiger partial charge in [0.25, 0.3) is 5.91 Å². The quantitative estimate of drug-likeness (QED) is 0.696. The number of unbranched alkanes of at least 4 members (excludes halogenated alkanes) is 1. The monoisotopic (exact) mass is 401 g/mol. The first kappa shape index (κ1) is 20.8. The number of amides is 2. The number of hydrogen-bond donors (Lipinski definition) is 1. The molecule has 0 saturated carbocycles. The molecule has 0 bridgehead atoms. The van der Waals surface area contributed by atoms with E-state index < -0.39 is 36.0 Å². The maximum Gasteiger partial charge on any atom is 0.417 e. The predicted octanol–water partition coefficient (Wildman–Crippen LogP) is 1.90. The van der Waals surface area contributed by atoms with Crippen molar-refractivity contribution in [2.45, 2.75) is 31.1 Å². The Bertz CT molecular complexity index is 818. The van der Waals surface area contributed by atoms with E-state index in [0.29, 0.717) is 18.6 Å². The Balaban J connectivity index is 1.82. The van der Waals surface area contributed by atoms with Gasteiger partial charge in [0.1, 0.15) is 18.4 Å². The van der Waals surface area contributed by atoms with Gasteiger partial charge in [0.15, 0.2) is 18.0 Å². The van der Waals surface area contributed by atoms with Crippen molar-refractivity contribution in [1.82, 2.24) is 4.90 Å². The fraction of sp³-hybridized carbons (Fsp3) is 0.381. The normalized spacial score (nSPS) is 23.8. The zero-order chi connectivity index (χ0) is 20.8. The molecule has 2 amide bonds. The molecule has 1 N–H and O–H groups in total. The van der Waals surface area contributed by atoms with Crippen LogP contribution in [0.25, 0.3) is 0 Å². The van der Waals surface area contributed by atoms with Crippen LogP contribution in [0.3, 0.4) is 0 Å². The number of imide groups is 1. The van der Waals surface area contributed by atoms with Crippen molar-refractivity contribution in [3.05, 3.63) is 59.9 Å². The van der Waals surface area contributed by atoms with E-state index in [4.69, 9.17) is 19.3 Å². The second-order valence-electron chi connectivity index (χ2n) is 6.61. The smallest absolute Gasteiger partial charge is 0.417 e. The number of allylic oxidation sites excluding steroid dienone is 2. The first-order valence-electron chi connectivity index (χ1n) is 9.34. The molecular weight excluding hydrogens is 378 g/mol. The molecule has 0 unspecified atom stereocenters. The Kier molecular flexibility index (Phi) is 6.79. The van der Waals surface area contributed by atoms with Crippen LogP contribution in [-0.4, -0.2) is 60.3 Å². The summed E-state index contributed by atoms with van der Waals surface area (Å²) in [7, 11) is 1.28. The van der Waals surface area contributed by atoms with Crippen LogP contribution in [-0.2, 0) is 23.8 Å². The molecule has 3 rings (SSSR count). The van der Waals surface area contributed by atoms with Crippen LogP contribution < -0.4 is 0 Å². The summed E-state index contributed by atoms with van der Waals surface area (Å²) in [6.45, 7) is 0.0592. The van der Waals surface area contributed by atoms with Gasteiger partial charge in [-0.3, -0.25) is 9.59 Å². The van der Waals surface area contributed by atoms with Crippen LogP contribution >= 0.6 is 0 Å². The molecule has 1 aromatic carbocycles. The van der Waals surface area contributed by atoms with Crippen LogP contribution in [0.1, 0.15) is 24.4 Å². The SMILES string of the molecule is CO[C@H](C(=O)N1C(=O)OC[C@@H]1c1ccccc1)[C@H]1OC(=CCCCO)C=CC1=O. The third-order valence-electron chi connectivity index (χ3n) is 4.73. The Hall–Kier alpha value is -2.97. The highest BCUT2D eigenvalue weighted by Gasteiger charge is 2.46. The van der Waals surface area contributed by atoms with Crippen LogP contribution in [0.2, 0.25) is 0 Å². The molecule has 29 heavy (non-hydrogen) atoms. The average Bonchev–Trinajstić information content (AvgIpc) is 3.12.